The second-order valence-electron chi connectivity index (χ2n) is 3.06. The Labute approximate surface area is 87.9 Å². The Morgan fingerprint density at radius 1 is 1.60 bits per heavy atom. The molecule has 0 radical (unpaired) electrons. The zero-order chi connectivity index (χ0) is 11.3. The van der Waals surface area contributed by atoms with Crippen molar-refractivity contribution in [1.29, 1.82) is 0 Å². The van der Waals surface area contributed by atoms with Gasteiger partial charge in [-0.25, -0.2) is 0 Å². The summed E-state index contributed by atoms with van der Waals surface area (Å²) in [6, 6.07) is 4.90. The van der Waals surface area contributed by atoms with Crippen molar-refractivity contribution >= 4 is 5.91 Å². The maximum absolute atomic E-state index is 10.5. The van der Waals surface area contributed by atoms with Gasteiger partial charge in [-0.1, -0.05) is 0 Å². The number of phenolic OH excluding ortho intramolecular Hbond substituents is 1. The third kappa shape index (κ3) is 3.47. The normalized spacial score (nSPS) is 9.93. The van der Waals surface area contributed by atoms with Crippen LogP contribution in [-0.2, 0) is 11.3 Å². The van der Waals surface area contributed by atoms with Gasteiger partial charge in [0.2, 0.25) is 5.91 Å². The van der Waals surface area contributed by atoms with Gasteiger partial charge in [0.25, 0.3) is 0 Å². The molecule has 0 aliphatic heterocycles. The number of amides is 1. The number of nitrogens with one attached hydrogen (secondary N) is 1. The van der Waals surface area contributed by atoms with Crippen LogP contribution in [0.15, 0.2) is 18.2 Å². The first-order valence-electron chi connectivity index (χ1n) is 4.48. The fourth-order valence-electron chi connectivity index (χ4n) is 1.15. The zero-order valence-corrected chi connectivity index (χ0v) is 8.49. The van der Waals surface area contributed by atoms with E-state index in [9.17, 15) is 9.90 Å². The predicted octanol–water partition coefficient (Wildman–Crippen LogP) is -0.0243. The van der Waals surface area contributed by atoms with Gasteiger partial charge in [-0.15, -0.1) is 0 Å². The molecule has 0 aromatic heterocycles. The van der Waals surface area contributed by atoms with E-state index in [1.165, 1.54) is 0 Å². The highest BCUT2D eigenvalue weighted by molar-refractivity contribution is 5.75. The number of ether oxygens (including phenoxy) is 1. The van der Waals surface area contributed by atoms with Crippen molar-refractivity contribution in [1.82, 2.24) is 5.32 Å². The van der Waals surface area contributed by atoms with Gasteiger partial charge in [-0.2, -0.15) is 0 Å². The Bertz CT molecular complexity index is 353. The Kier molecular flexibility index (Phi) is 3.93. The lowest BCUT2D eigenvalue weighted by Crippen LogP contribution is -2.28. The minimum Gasteiger partial charge on any atom is -0.508 e. The summed E-state index contributed by atoms with van der Waals surface area (Å²) in [7, 11) is 1.55. The van der Waals surface area contributed by atoms with Crippen LogP contribution >= 0.6 is 0 Å². The van der Waals surface area contributed by atoms with Crippen LogP contribution in [0.1, 0.15) is 5.56 Å². The molecule has 82 valence electrons. The molecule has 0 aliphatic carbocycles. The van der Waals surface area contributed by atoms with Gasteiger partial charge in [0.1, 0.15) is 11.5 Å². The summed E-state index contributed by atoms with van der Waals surface area (Å²) in [5, 5.41) is 12.3. The van der Waals surface area contributed by atoms with Crippen molar-refractivity contribution in [3.05, 3.63) is 23.8 Å². The summed E-state index contributed by atoms with van der Waals surface area (Å²) < 4.78 is 5.01. The number of rotatable bonds is 5. The first-order chi connectivity index (χ1) is 7.13. The first-order valence-corrected chi connectivity index (χ1v) is 4.48. The van der Waals surface area contributed by atoms with E-state index in [4.69, 9.17) is 10.5 Å². The van der Waals surface area contributed by atoms with Gasteiger partial charge >= 0.3 is 0 Å². The molecule has 15 heavy (non-hydrogen) atoms. The Morgan fingerprint density at radius 3 is 2.93 bits per heavy atom. The lowest BCUT2D eigenvalue weighted by molar-refractivity contribution is -0.117. The quantitative estimate of drug-likeness (QED) is 0.637. The monoisotopic (exact) mass is 210 g/mol. The van der Waals surface area contributed by atoms with Crippen molar-refractivity contribution in [3.8, 4) is 11.5 Å². The number of nitrogens with two attached hydrogens (primary N) is 1. The summed E-state index contributed by atoms with van der Waals surface area (Å²) in [6.07, 6.45) is 0. The molecule has 0 saturated heterocycles. The number of primary amides is 1. The van der Waals surface area contributed by atoms with Crippen LogP contribution in [-0.4, -0.2) is 24.7 Å². The molecule has 0 unspecified atom stereocenters. The smallest absolute Gasteiger partial charge is 0.231 e. The molecule has 1 aromatic carbocycles. The summed E-state index contributed by atoms with van der Waals surface area (Å²) in [5.74, 6) is 0.383. The second-order valence-corrected chi connectivity index (χ2v) is 3.06. The third-order valence-electron chi connectivity index (χ3n) is 1.90. The molecule has 1 amide bonds. The van der Waals surface area contributed by atoms with Crippen LogP contribution in [0.4, 0.5) is 0 Å². The number of aromatic hydroxyl groups is 1. The molecule has 5 heteroatoms. The van der Waals surface area contributed by atoms with E-state index in [0.717, 1.165) is 0 Å². The lowest BCUT2D eigenvalue weighted by atomic mass is 10.2. The SMILES string of the molecule is COc1ccc(O)c(CNCC(N)=O)c1. The molecule has 0 atom stereocenters. The molecule has 1 rings (SSSR count). The van der Waals surface area contributed by atoms with Crippen LogP contribution in [0.5, 0.6) is 11.5 Å². The largest absolute Gasteiger partial charge is 0.508 e. The van der Waals surface area contributed by atoms with Crippen LogP contribution < -0.4 is 15.8 Å². The number of benzene rings is 1. The van der Waals surface area contributed by atoms with Crippen molar-refractivity contribution in [2.24, 2.45) is 5.73 Å². The highest BCUT2D eigenvalue weighted by Gasteiger charge is 2.03. The van der Waals surface area contributed by atoms with E-state index < -0.39 is 5.91 Å². The molecule has 0 spiro atoms. The topological polar surface area (TPSA) is 84.6 Å². The average molecular weight is 210 g/mol. The van der Waals surface area contributed by atoms with Crippen LogP contribution in [0.3, 0.4) is 0 Å². The number of carbonyl (C=O) groups is 1. The molecule has 0 aliphatic rings. The second kappa shape index (κ2) is 5.21. The Balaban J connectivity index is 2.62. The van der Waals surface area contributed by atoms with Gasteiger partial charge in [0, 0.05) is 12.1 Å². The molecule has 4 N–H and O–H groups in total. The number of carbonyl (C=O) groups excluding carboxylic acids is 1. The summed E-state index contributed by atoms with van der Waals surface area (Å²) in [6.45, 7) is 0.447. The number of hydrogen-bond donors (Lipinski definition) is 3. The van der Waals surface area contributed by atoms with Crippen LogP contribution in [0.2, 0.25) is 0 Å². The van der Waals surface area contributed by atoms with Crippen molar-refractivity contribution in [2.45, 2.75) is 6.54 Å². The molecule has 1 aromatic rings. The number of hydrogen-bond acceptors (Lipinski definition) is 4. The maximum atomic E-state index is 10.5. The minimum atomic E-state index is -0.433. The Morgan fingerprint density at radius 2 is 2.33 bits per heavy atom. The molecule has 0 bridgehead atoms. The van der Waals surface area contributed by atoms with E-state index in [1.807, 2.05) is 0 Å². The van der Waals surface area contributed by atoms with E-state index >= 15 is 0 Å². The standard InChI is InChI=1S/C10H14N2O3/c1-15-8-2-3-9(13)7(4-8)5-12-6-10(11)14/h2-4,12-13H,5-6H2,1H3,(H2,11,14). The van der Waals surface area contributed by atoms with Gasteiger partial charge in [0.15, 0.2) is 0 Å². The maximum Gasteiger partial charge on any atom is 0.231 e. The van der Waals surface area contributed by atoms with E-state index in [1.54, 1.807) is 25.3 Å². The van der Waals surface area contributed by atoms with Crippen molar-refractivity contribution < 1.29 is 14.6 Å². The fourth-order valence-corrected chi connectivity index (χ4v) is 1.15. The number of phenols is 1. The Hall–Kier alpha value is -1.75. The van der Waals surface area contributed by atoms with Crippen LogP contribution in [0.25, 0.3) is 0 Å². The fraction of sp³-hybridized carbons (Fsp3) is 0.300. The molecule has 0 saturated carbocycles. The van der Waals surface area contributed by atoms with E-state index in [-0.39, 0.29) is 12.3 Å². The molecular weight excluding hydrogens is 196 g/mol. The van der Waals surface area contributed by atoms with E-state index in [2.05, 4.69) is 5.32 Å². The van der Waals surface area contributed by atoms with Gasteiger partial charge < -0.3 is 20.9 Å². The highest BCUT2D eigenvalue weighted by Crippen LogP contribution is 2.22. The van der Waals surface area contributed by atoms with Gasteiger partial charge in [-0.3, -0.25) is 4.79 Å². The molecule has 0 heterocycles. The lowest BCUT2D eigenvalue weighted by Gasteiger charge is -2.07. The number of methoxy groups -OCH3 is 1. The first kappa shape index (κ1) is 11.3. The van der Waals surface area contributed by atoms with Gasteiger partial charge in [-0.05, 0) is 18.2 Å². The van der Waals surface area contributed by atoms with Gasteiger partial charge in [0.05, 0.1) is 13.7 Å². The van der Waals surface area contributed by atoms with Crippen molar-refractivity contribution in [3.63, 3.8) is 0 Å². The predicted molar refractivity (Wildman–Crippen MR) is 55.6 cm³/mol. The highest BCUT2D eigenvalue weighted by atomic mass is 16.5. The average Bonchev–Trinajstić information content (AvgIpc) is 2.20. The minimum absolute atomic E-state index is 0.0800. The third-order valence-corrected chi connectivity index (χ3v) is 1.90. The summed E-state index contributed by atoms with van der Waals surface area (Å²) >= 11 is 0. The van der Waals surface area contributed by atoms with E-state index in [0.29, 0.717) is 17.9 Å². The molecule has 5 nitrogen and oxygen atoms in total. The van der Waals surface area contributed by atoms with Crippen LogP contribution in [0, 0.1) is 0 Å². The summed E-state index contributed by atoms with van der Waals surface area (Å²) in [5.41, 5.74) is 5.62. The summed E-state index contributed by atoms with van der Waals surface area (Å²) in [4.78, 5) is 10.5. The molecule has 0 fully saturated rings. The zero-order valence-electron chi connectivity index (χ0n) is 8.49. The van der Waals surface area contributed by atoms with Crippen molar-refractivity contribution in [2.75, 3.05) is 13.7 Å². The molecular formula is C10H14N2O3.